The van der Waals surface area contributed by atoms with Crippen molar-refractivity contribution in [2.45, 2.75) is 45.8 Å². The number of halogens is 1. The van der Waals surface area contributed by atoms with Gasteiger partial charge in [0.15, 0.2) is 0 Å². The molecule has 1 aromatic carbocycles. The Kier molecular flexibility index (Phi) is 3.57. The highest BCUT2D eigenvalue weighted by atomic mass is 19.1. The van der Waals surface area contributed by atoms with E-state index in [0.717, 1.165) is 23.4 Å². The molecule has 1 N–H and O–H groups in total. The number of rotatable bonds is 5. The first-order chi connectivity index (χ1) is 9.63. The summed E-state index contributed by atoms with van der Waals surface area (Å²) >= 11 is 0. The number of aryl methyl sites for hydroxylation is 1. The first-order valence-corrected chi connectivity index (χ1v) is 7.13. The van der Waals surface area contributed by atoms with E-state index in [9.17, 15) is 4.39 Å². The molecule has 0 spiro atoms. The van der Waals surface area contributed by atoms with Crippen LogP contribution in [0.2, 0.25) is 0 Å². The fourth-order valence-electron chi connectivity index (χ4n) is 2.33. The van der Waals surface area contributed by atoms with Crippen LogP contribution in [0, 0.1) is 19.7 Å². The van der Waals surface area contributed by atoms with Crippen molar-refractivity contribution in [2.24, 2.45) is 0 Å². The molecule has 0 bridgehead atoms. The van der Waals surface area contributed by atoms with Crippen LogP contribution in [0.1, 0.15) is 35.2 Å². The van der Waals surface area contributed by atoms with E-state index in [4.69, 9.17) is 0 Å². The minimum atomic E-state index is -0.189. The third-order valence-electron chi connectivity index (χ3n) is 3.99. The van der Waals surface area contributed by atoms with E-state index in [0.29, 0.717) is 12.6 Å². The van der Waals surface area contributed by atoms with E-state index in [1.807, 2.05) is 23.9 Å². The minimum absolute atomic E-state index is 0.189. The van der Waals surface area contributed by atoms with Gasteiger partial charge in [-0.2, -0.15) is 5.10 Å². The van der Waals surface area contributed by atoms with E-state index in [1.165, 1.54) is 24.5 Å². The maximum atomic E-state index is 13.3. The Morgan fingerprint density at radius 2 is 2.10 bits per heavy atom. The summed E-state index contributed by atoms with van der Waals surface area (Å²) in [4.78, 5) is 0. The van der Waals surface area contributed by atoms with Crippen molar-refractivity contribution < 1.29 is 4.39 Å². The van der Waals surface area contributed by atoms with E-state index in [1.54, 1.807) is 6.07 Å². The van der Waals surface area contributed by atoms with Gasteiger partial charge < -0.3 is 5.32 Å². The summed E-state index contributed by atoms with van der Waals surface area (Å²) in [5, 5.41) is 7.93. The molecule has 1 aliphatic rings. The highest BCUT2D eigenvalue weighted by Gasteiger charge is 2.20. The molecule has 106 valence electrons. The average Bonchev–Trinajstić information content (AvgIpc) is 3.19. The lowest BCUT2D eigenvalue weighted by Crippen LogP contribution is -2.16. The smallest absolute Gasteiger partial charge is 0.123 e. The van der Waals surface area contributed by atoms with Crippen LogP contribution in [0.25, 0.3) is 0 Å². The molecule has 1 heterocycles. The zero-order chi connectivity index (χ0) is 14.1. The number of nitrogens with zero attached hydrogens (tertiary/aromatic N) is 2. The predicted molar refractivity (Wildman–Crippen MR) is 77.1 cm³/mol. The van der Waals surface area contributed by atoms with Gasteiger partial charge in [0, 0.05) is 23.8 Å². The van der Waals surface area contributed by atoms with Crippen LogP contribution in [0.15, 0.2) is 24.4 Å². The summed E-state index contributed by atoms with van der Waals surface area (Å²) in [5.41, 5.74) is 4.46. The molecule has 0 atom stereocenters. The van der Waals surface area contributed by atoms with Crippen LogP contribution >= 0.6 is 0 Å². The molecule has 4 heteroatoms. The molecule has 1 aliphatic carbocycles. The summed E-state index contributed by atoms with van der Waals surface area (Å²) in [6.45, 7) is 5.58. The van der Waals surface area contributed by atoms with Crippen molar-refractivity contribution >= 4 is 0 Å². The third-order valence-corrected chi connectivity index (χ3v) is 3.99. The Labute approximate surface area is 118 Å². The van der Waals surface area contributed by atoms with Crippen molar-refractivity contribution in [1.82, 2.24) is 15.1 Å². The van der Waals surface area contributed by atoms with Crippen LogP contribution in [0.4, 0.5) is 4.39 Å². The molecule has 1 fully saturated rings. The van der Waals surface area contributed by atoms with Gasteiger partial charge in [-0.05, 0) is 49.9 Å². The Balaban J connectivity index is 1.74. The van der Waals surface area contributed by atoms with Crippen molar-refractivity contribution in [3.05, 3.63) is 52.6 Å². The zero-order valence-electron chi connectivity index (χ0n) is 12.0. The molecule has 0 radical (unpaired) electrons. The van der Waals surface area contributed by atoms with E-state index in [2.05, 4.69) is 17.3 Å². The van der Waals surface area contributed by atoms with Crippen molar-refractivity contribution in [3.63, 3.8) is 0 Å². The standard InChI is InChI=1S/C16H20FN3/c1-11-3-4-15(17)7-13(11)10-20-12(2)14(9-19-20)8-18-16-5-6-16/h3-4,7,9,16,18H,5-6,8,10H2,1-2H3. The van der Waals surface area contributed by atoms with Gasteiger partial charge in [0.05, 0.1) is 12.7 Å². The lowest BCUT2D eigenvalue weighted by molar-refractivity contribution is 0.614. The van der Waals surface area contributed by atoms with Crippen molar-refractivity contribution in [2.75, 3.05) is 0 Å². The molecule has 1 saturated carbocycles. The van der Waals surface area contributed by atoms with Gasteiger partial charge in [0.1, 0.15) is 5.82 Å². The summed E-state index contributed by atoms with van der Waals surface area (Å²) in [6.07, 6.45) is 4.49. The van der Waals surface area contributed by atoms with Gasteiger partial charge in [-0.15, -0.1) is 0 Å². The molecular weight excluding hydrogens is 253 g/mol. The molecule has 0 unspecified atom stereocenters. The summed E-state index contributed by atoms with van der Waals surface area (Å²) in [6, 6.07) is 5.61. The number of hydrogen-bond acceptors (Lipinski definition) is 2. The molecule has 1 aromatic heterocycles. The van der Waals surface area contributed by atoms with Crippen LogP contribution in [0.5, 0.6) is 0 Å². The maximum Gasteiger partial charge on any atom is 0.123 e. The van der Waals surface area contributed by atoms with Gasteiger partial charge in [-0.25, -0.2) is 4.39 Å². The second-order valence-electron chi connectivity index (χ2n) is 5.64. The number of hydrogen-bond donors (Lipinski definition) is 1. The summed E-state index contributed by atoms with van der Waals surface area (Å²) in [7, 11) is 0. The summed E-state index contributed by atoms with van der Waals surface area (Å²) < 4.78 is 15.3. The van der Waals surface area contributed by atoms with Crippen LogP contribution in [0.3, 0.4) is 0 Å². The Morgan fingerprint density at radius 3 is 2.85 bits per heavy atom. The molecule has 2 aromatic rings. The molecule has 0 aliphatic heterocycles. The molecule has 20 heavy (non-hydrogen) atoms. The molecule has 3 nitrogen and oxygen atoms in total. The number of benzene rings is 1. The first-order valence-electron chi connectivity index (χ1n) is 7.13. The maximum absolute atomic E-state index is 13.3. The number of nitrogens with one attached hydrogen (secondary N) is 1. The quantitative estimate of drug-likeness (QED) is 0.907. The third kappa shape index (κ3) is 2.90. The SMILES string of the molecule is Cc1ccc(F)cc1Cn1ncc(CNC2CC2)c1C. The van der Waals surface area contributed by atoms with Gasteiger partial charge in [0.2, 0.25) is 0 Å². The van der Waals surface area contributed by atoms with Gasteiger partial charge in [-0.3, -0.25) is 4.68 Å². The number of aromatic nitrogens is 2. The molecule has 0 saturated heterocycles. The Morgan fingerprint density at radius 1 is 1.30 bits per heavy atom. The molecule has 3 rings (SSSR count). The zero-order valence-corrected chi connectivity index (χ0v) is 12.0. The second kappa shape index (κ2) is 5.37. The van der Waals surface area contributed by atoms with Gasteiger partial charge in [0.25, 0.3) is 0 Å². The lowest BCUT2D eigenvalue weighted by Gasteiger charge is -2.09. The van der Waals surface area contributed by atoms with E-state index >= 15 is 0 Å². The largest absolute Gasteiger partial charge is 0.310 e. The first kappa shape index (κ1) is 13.3. The lowest BCUT2D eigenvalue weighted by atomic mass is 10.1. The highest BCUT2D eigenvalue weighted by molar-refractivity contribution is 5.27. The van der Waals surface area contributed by atoms with Crippen LogP contribution in [-0.2, 0) is 13.1 Å². The Bertz CT molecular complexity index is 614. The van der Waals surface area contributed by atoms with Gasteiger partial charge in [-0.1, -0.05) is 6.07 Å². The fourth-order valence-corrected chi connectivity index (χ4v) is 2.33. The second-order valence-corrected chi connectivity index (χ2v) is 5.64. The van der Waals surface area contributed by atoms with Crippen LogP contribution in [-0.4, -0.2) is 15.8 Å². The van der Waals surface area contributed by atoms with Gasteiger partial charge >= 0.3 is 0 Å². The van der Waals surface area contributed by atoms with Crippen LogP contribution < -0.4 is 5.32 Å². The topological polar surface area (TPSA) is 29.9 Å². The summed E-state index contributed by atoms with van der Waals surface area (Å²) in [5.74, 6) is -0.189. The van der Waals surface area contributed by atoms with E-state index in [-0.39, 0.29) is 5.82 Å². The minimum Gasteiger partial charge on any atom is -0.310 e. The van der Waals surface area contributed by atoms with E-state index < -0.39 is 0 Å². The van der Waals surface area contributed by atoms with Crippen molar-refractivity contribution in [1.29, 1.82) is 0 Å². The Hall–Kier alpha value is -1.68. The molecule has 0 amide bonds. The monoisotopic (exact) mass is 273 g/mol. The fraction of sp³-hybridized carbons (Fsp3) is 0.438. The van der Waals surface area contributed by atoms with Crippen molar-refractivity contribution in [3.8, 4) is 0 Å². The predicted octanol–water partition coefficient (Wildman–Crippen LogP) is 2.94. The highest BCUT2D eigenvalue weighted by Crippen LogP contribution is 2.20. The normalized spacial score (nSPS) is 14.8. The molecular formula is C16H20FN3. The average molecular weight is 273 g/mol.